The van der Waals surface area contributed by atoms with Gasteiger partial charge in [0.15, 0.2) is 0 Å². The molecular weight excluding hydrogens is 394 g/mol. The van der Waals surface area contributed by atoms with Crippen LogP contribution in [0.15, 0.2) is 30.3 Å². The number of aliphatic hydroxyl groups excluding tert-OH is 1. The van der Waals surface area contributed by atoms with Crippen LogP contribution in [-0.4, -0.2) is 72.7 Å². The van der Waals surface area contributed by atoms with Crippen LogP contribution in [-0.2, 0) is 4.74 Å². The SMILES string of the molecule is COc1cc(OCC(O)CN2C[C@@H](C)O[C@@H](C)C2)cc(-c2ccc(C(=O)O)s2)c1. The minimum Gasteiger partial charge on any atom is -0.497 e. The number of rotatable bonds is 8. The Hall–Kier alpha value is -2.13. The number of hydrogen-bond donors (Lipinski definition) is 2. The van der Waals surface area contributed by atoms with Crippen molar-refractivity contribution in [3.8, 4) is 21.9 Å². The van der Waals surface area contributed by atoms with E-state index in [1.165, 1.54) is 11.3 Å². The van der Waals surface area contributed by atoms with Gasteiger partial charge in [-0.25, -0.2) is 4.79 Å². The highest BCUT2D eigenvalue weighted by atomic mass is 32.1. The van der Waals surface area contributed by atoms with Crippen molar-refractivity contribution in [3.63, 3.8) is 0 Å². The molecule has 1 aromatic heterocycles. The Labute approximate surface area is 174 Å². The van der Waals surface area contributed by atoms with Crippen molar-refractivity contribution < 1.29 is 29.2 Å². The summed E-state index contributed by atoms with van der Waals surface area (Å²) in [6.45, 7) is 6.30. The standard InChI is InChI=1S/C21H27NO6S/c1-13-9-22(10-14(2)28-13)11-16(23)12-27-18-7-15(6-17(8-18)26-3)19-4-5-20(29-19)21(24)25/h4-8,13-14,16,23H,9-12H2,1-3H3,(H,24,25)/t13-,14+,16?. The van der Waals surface area contributed by atoms with Gasteiger partial charge in [-0.1, -0.05) is 0 Å². The highest BCUT2D eigenvalue weighted by Crippen LogP contribution is 2.34. The molecule has 1 saturated heterocycles. The molecule has 0 radical (unpaired) electrons. The number of thiophene rings is 1. The third-order valence-electron chi connectivity index (χ3n) is 4.62. The van der Waals surface area contributed by atoms with Crippen molar-refractivity contribution in [1.29, 1.82) is 0 Å². The normalized spacial score (nSPS) is 21.0. The molecule has 1 aliphatic heterocycles. The van der Waals surface area contributed by atoms with Gasteiger partial charge in [-0.2, -0.15) is 0 Å². The minimum absolute atomic E-state index is 0.148. The Morgan fingerprint density at radius 1 is 1.24 bits per heavy atom. The number of ether oxygens (including phenoxy) is 3. The number of aliphatic hydroxyl groups is 1. The van der Waals surface area contributed by atoms with E-state index in [-0.39, 0.29) is 23.7 Å². The summed E-state index contributed by atoms with van der Waals surface area (Å²) in [6, 6.07) is 8.75. The molecule has 1 unspecified atom stereocenters. The molecule has 2 heterocycles. The van der Waals surface area contributed by atoms with E-state index in [9.17, 15) is 9.90 Å². The van der Waals surface area contributed by atoms with E-state index in [2.05, 4.69) is 4.90 Å². The van der Waals surface area contributed by atoms with Crippen LogP contribution >= 0.6 is 11.3 Å². The van der Waals surface area contributed by atoms with Gasteiger partial charge >= 0.3 is 5.97 Å². The number of aromatic carboxylic acids is 1. The van der Waals surface area contributed by atoms with Crippen LogP contribution in [0.25, 0.3) is 10.4 Å². The number of β-amino-alcohol motifs (C(OH)–C–C–N with tert-alkyl or cyclic N) is 1. The van der Waals surface area contributed by atoms with Crippen LogP contribution in [0.3, 0.4) is 0 Å². The fourth-order valence-electron chi connectivity index (χ4n) is 3.50. The van der Waals surface area contributed by atoms with Crippen molar-refractivity contribution in [3.05, 3.63) is 35.2 Å². The monoisotopic (exact) mass is 421 g/mol. The summed E-state index contributed by atoms with van der Waals surface area (Å²) >= 11 is 1.19. The number of carboxylic acid groups (broad SMARTS) is 1. The predicted molar refractivity (Wildman–Crippen MR) is 111 cm³/mol. The molecule has 0 saturated carbocycles. The maximum absolute atomic E-state index is 11.1. The summed E-state index contributed by atoms with van der Waals surface area (Å²) in [5.41, 5.74) is 0.808. The third kappa shape index (κ3) is 5.93. The van der Waals surface area contributed by atoms with Crippen LogP contribution in [0.2, 0.25) is 0 Å². The summed E-state index contributed by atoms with van der Waals surface area (Å²) in [4.78, 5) is 14.4. The summed E-state index contributed by atoms with van der Waals surface area (Å²) in [7, 11) is 1.57. The van der Waals surface area contributed by atoms with Crippen LogP contribution in [0, 0.1) is 0 Å². The van der Waals surface area contributed by atoms with Crippen LogP contribution in [0.4, 0.5) is 0 Å². The first kappa shape index (κ1) is 21.6. The molecule has 29 heavy (non-hydrogen) atoms. The number of benzene rings is 1. The number of morpholine rings is 1. The van der Waals surface area contributed by atoms with Gasteiger partial charge in [-0.05, 0) is 43.7 Å². The van der Waals surface area contributed by atoms with Crippen LogP contribution in [0.1, 0.15) is 23.5 Å². The van der Waals surface area contributed by atoms with Gasteiger partial charge in [0, 0.05) is 30.6 Å². The largest absolute Gasteiger partial charge is 0.497 e. The summed E-state index contributed by atoms with van der Waals surface area (Å²) in [6.07, 6.45) is -0.342. The molecule has 0 amide bonds. The maximum Gasteiger partial charge on any atom is 0.345 e. The average Bonchev–Trinajstić information content (AvgIpc) is 3.16. The lowest BCUT2D eigenvalue weighted by molar-refractivity contribution is -0.0786. The van der Waals surface area contributed by atoms with E-state index in [0.29, 0.717) is 18.0 Å². The molecule has 3 atom stereocenters. The van der Waals surface area contributed by atoms with Gasteiger partial charge in [-0.3, -0.25) is 4.90 Å². The van der Waals surface area contributed by atoms with Crippen LogP contribution in [0.5, 0.6) is 11.5 Å². The zero-order valence-electron chi connectivity index (χ0n) is 16.8. The lowest BCUT2D eigenvalue weighted by atomic mass is 10.1. The van der Waals surface area contributed by atoms with Crippen molar-refractivity contribution in [1.82, 2.24) is 4.90 Å². The molecule has 3 rings (SSSR count). The Morgan fingerprint density at radius 3 is 2.55 bits per heavy atom. The van der Waals surface area contributed by atoms with Crippen molar-refractivity contribution in [2.24, 2.45) is 0 Å². The number of hydrogen-bond acceptors (Lipinski definition) is 7. The number of methoxy groups -OCH3 is 1. The van der Waals surface area contributed by atoms with E-state index in [1.807, 2.05) is 26.0 Å². The highest BCUT2D eigenvalue weighted by Gasteiger charge is 2.24. The van der Waals surface area contributed by atoms with Crippen LogP contribution < -0.4 is 9.47 Å². The Balaban J connectivity index is 1.64. The molecule has 2 N–H and O–H groups in total. The smallest absolute Gasteiger partial charge is 0.345 e. The van der Waals surface area contributed by atoms with Gasteiger partial charge < -0.3 is 24.4 Å². The quantitative estimate of drug-likeness (QED) is 0.677. The maximum atomic E-state index is 11.1. The second-order valence-electron chi connectivity index (χ2n) is 7.31. The fraction of sp³-hybridized carbons (Fsp3) is 0.476. The molecule has 1 aliphatic rings. The Kier molecular flexibility index (Phi) is 7.13. The van der Waals surface area contributed by atoms with E-state index in [4.69, 9.17) is 19.3 Å². The molecule has 7 nitrogen and oxygen atoms in total. The molecule has 1 aromatic carbocycles. The summed E-state index contributed by atoms with van der Waals surface area (Å²) in [5.74, 6) is 0.218. The zero-order valence-corrected chi connectivity index (χ0v) is 17.6. The van der Waals surface area contributed by atoms with Gasteiger partial charge in [0.1, 0.15) is 29.1 Å². The average molecular weight is 422 g/mol. The molecule has 8 heteroatoms. The summed E-state index contributed by atoms with van der Waals surface area (Å²) < 4.78 is 16.9. The molecule has 2 aromatic rings. The number of nitrogens with zero attached hydrogens (tertiary/aromatic N) is 1. The van der Waals surface area contributed by atoms with Gasteiger partial charge in [0.25, 0.3) is 0 Å². The Morgan fingerprint density at radius 2 is 1.93 bits per heavy atom. The van der Waals surface area contributed by atoms with E-state index < -0.39 is 12.1 Å². The number of carboxylic acids is 1. The van der Waals surface area contributed by atoms with Gasteiger partial charge in [-0.15, -0.1) is 11.3 Å². The minimum atomic E-state index is -0.949. The van der Waals surface area contributed by atoms with E-state index in [0.717, 1.165) is 23.5 Å². The molecule has 0 spiro atoms. The van der Waals surface area contributed by atoms with Crippen molar-refractivity contribution in [2.45, 2.75) is 32.2 Å². The summed E-state index contributed by atoms with van der Waals surface area (Å²) in [5, 5.41) is 19.5. The first-order valence-corrected chi connectivity index (χ1v) is 10.4. The zero-order chi connectivity index (χ0) is 21.0. The number of carbonyl (C=O) groups is 1. The molecule has 0 aliphatic carbocycles. The molecular formula is C21H27NO6S. The highest BCUT2D eigenvalue weighted by molar-refractivity contribution is 7.17. The lowest BCUT2D eigenvalue weighted by Crippen LogP contribution is -2.48. The van der Waals surface area contributed by atoms with E-state index in [1.54, 1.807) is 25.3 Å². The molecule has 0 bridgehead atoms. The predicted octanol–water partition coefficient (Wildman–Crippen LogP) is 2.97. The van der Waals surface area contributed by atoms with Gasteiger partial charge in [0.2, 0.25) is 0 Å². The first-order chi connectivity index (χ1) is 13.8. The Bertz CT molecular complexity index is 828. The second-order valence-corrected chi connectivity index (χ2v) is 8.39. The molecule has 158 valence electrons. The topological polar surface area (TPSA) is 88.5 Å². The van der Waals surface area contributed by atoms with Gasteiger partial charge in [0.05, 0.1) is 19.3 Å². The van der Waals surface area contributed by atoms with Crippen molar-refractivity contribution >= 4 is 17.3 Å². The van der Waals surface area contributed by atoms with Crippen molar-refractivity contribution in [2.75, 3.05) is 33.4 Å². The second kappa shape index (κ2) is 9.58. The van der Waals surface area contributed by atoms with E-state index >= 15 is 0 Å². The lowest BCUT2D eigenvalue weighted by Gasteiger charge is -2.36. The fourth-order valence-corrected chi connectivity index (χ4v) is 4.33. The molecule has 1 fully saturated rings. The third-order valence-corrected chi connectivity index (χ3v) is 5.75. The first-order valence-electron chi connectivity index (χ1n) is 9.55.